The van der Waals surface area contributed by atoms with Gasteiger partial charge < -0.3 is 10.6 Å². The van der Waals surface area contributed by atoms with Crippen LogP contribution in [0.4, 0.5) is 11.4 Å². The summed E-state index contributed by atoms with van der Waals surface area (Å²) in [7, 11) is -3.19. The molecule has 106 valence electrons. The number of hydrogen-bond donors (Lipinski definition) is 1. The summed E-state index contributed by atoms with van der Waals surface area (Å²) in [4.78, 5) is 2.60. The van der Waals surface area contributed by atoms with Gasteiger partial charge in [0.1, 0.15) is 0 Å². The normalized spacial score (nSPS) is 15.8. The first-order valence-electron chi connectivity index (χ1n) is 6.65. The zero-order chi connectivity index (χ0) is 14.2. The molecule has 2 rings (SSSR count). The van der Waals surface area contributed by atoms with E-state index in [1.54, 1.807) is 12.1 Å². The number of rotatable bonds is 5. The van der Waals surface area contributed by atoms with Crippen LogP contribution in [0, 0.1) is 5.92 Å². The first kappa shape index (κ1) is 14.2. The Balaban J connectivity index is 2.33. The van der Waals surface area contributed by atoms with Crippen LogP contribution < -0.4 is 10.6 Å². The van der Waals surface area contributed by atoms with Crippen LogP contribution in [0.1, 0.15) is 26.7 Å². The van der Waals surface area contributed by atoms with E-state index in [-0.39, 0.29) is 4.90 Å². The maximum atomic E-state index is 11.5. The Hall–Kier alpha value is -1.23. The summed E-state index contributed by atoms with van der Waals surface area (Å²) >= 11 is 0. The molecule has 0 heterocycles. The van der Waals surface area contributed by atoms with Gasteiger partial charge in [-0.15, -0.1) is 0 Å². The van der Waals surface area contributed by atoms with E-state index in [2.05, 4.69) is 18.7 Å². The molecule has 5 heteroatoms. The smallest absolute Gasteiger partial charge is 0.175 e. The highest BCUT2D eigenvalue weighted by atomic mass is 32.2. The van der Waals surface area contributed by atoms with Crippen molar-refractivity contribution >= 4 is 21.2 Å². The standard InChI is InChI=1S/C14H22N2O2S/c1-10(2)9-16(11-4-5-11)14-7-6-12(8-13(14)15)19(3,17)18/h6-8,10-11H,4-5,9,15H2,1-3H3. The van der Waals surface area contributed by atoms with Crippen LogP contribution in [0.3, 0.4) is 0 Å². The van der Waals surface area contributed by atoms with E-state index < -0.39 is 9.84 Å². The molecule has 1 aromatic rings. The topological polar surface area (TPSA) is 63.4 Å². The first-order chi connectivity index (χ1) is 8.79. The Morgan fingerprint density at radius 3 is 2.42 bits per heavy atom. The lowest BCUT2D eigenvalue weighted by atomic mass is 10.1. The van der Waals surface area contributed by atoms with Crippen molar-refractivity contribution in [3.05, 3.63) is 18.2 Å². The van der Waals surface area contributed by atoms with Crippen molar-refractivity contribution in [3.63, 3.8) is 0 Å². The summed E-state index contributed by atoms with van der Waals surface area (Å²) in [6.45, 7) is 5.31. The fraction of sp³-hybridized carbons (Fsp3) is 0.571. The van der Waals surface area contributed by atoms with E-state index in [0.717, 1.165) is 12.2 Å². The van der Waals surface area contributed by atoms with Gasteiger partial charge in [-0.05, 0) is 37.0 Å². The van der Waals surface area contributed by atoms with Crippen molar-refractivity contribution in [3.8, 4) is 0 Å². The summed E-state index contributed by atoms with van der Waals surface area (Å²) in [5.41, 5.74) is 7.57. The van der Waals surface area contributed by atoms with E-state index in [9.17, 15) is 8.42 Å². The molecule has 1 aliphatic rings. The average molecular weight is 282 g/mol. The molecule has 1 aromatic carbocycles. The van der Waals surface area contributed by atoms with E-state index in [4.69, 9.17) is 5.73 Å². The Kier molecular flexibility index (Phi) is 3.76. The summed E-state index contributed by atoms with van der Waals surface area (Å²) in [5.74, 6) is 0.551. The minimum absolute atomic E-state index is 0.286. The highest BCUT2D eigenvalue weighted by molar-refractivity contribution is 7.90. The second-order valence-corrected chi connectivity index (χ2v) is 7.79. The van der Waals surface area contributed by atoms with Crippen molar-refractivity contribution in [2.24, 2.45) is 5.92 Å². The summed E-state index contributed by atoms with van der Waals surface area (Å²) < 4.78 is 23.0. The van der Waals surface area contributed by atoms with E-state index in [1.807, 2.05) is 6.07 Å². The molecule has 0 atom stereocenters. The zero-order valence-corrected chi connectivity index (χ0v) is 12.6. The third-order valence-electron chi connectivity index (χ3n) is 3.29. The second kappa shape index (κ2) is 5.04. The molecule has 0 saturated heterocycles. The molecule has 1 fully saturated rings. The largest absolute Gasteiger partial charge is 0.397 e. The van der Waals surface area contributed by atoms with Crippen molar-refractivity contribution in [1.29, 1.82) is 0 Å². The van der Waals surface area contributed by atoms with Crippen LogP contribution in [0.2, 0.25) is 0 Å². The summed E-state index contributed by atoms with van der Waals surface area (Å²) in [6.07, 6.45) is 3.59. The third kappa shape index (κ3) is 3.41. The van der Waals surface area contributed by atoms with Gasteiger partial charge in [0.2, 0.25) is 0 Å². The van der Waals surface area contributed by atoms with Crippen molar-refractivity contribution in [2.75, 3.05) is 23.4 Å². The number of benzene rings is 1. The maximum absolute atomic E-state index is 11.5. The predicted octanol–water partition coefficient (Wildman–Crippen LogP) is 2.30. The molecule has 0 bridgehead atoms. The van der Waals surface area contributed by atoms with Crippen LogP contribution in [-0.2, 0) is 9.84 Å². The van der Waals surface area contributed by atoms with Gasteiger partial charge in [-0.1, -0.05) is 13.8 Å². The molecule has 0 spiro atoms. The van der Waals surface area contributed by atoms with Crippen molar-refractivity contribution in [1.82, 2.24) is 0 Å². The Morgan fingerprint density at radius 2 is 2.00 bits per heavy atom. The van der Waals surface area contributed by atoms with Crippen LogP contribution >= 0.6 is 0 Å². The van der Waals surface area contributed by atoms with Crippen LogP contribution in [0.25, 0.3) is 0 Å². The number of sulfone groups is 1. The molecule has 0 radical (unpaired) electrons. The van der Waals surface area contributed by atoms with Crippen LogP contribution in [0.5, 0.6) is 0 Å². The fourth-order valence-corrected chi connectivity index (χ4v) is 2.90. The summed E-state index contributed by atoms with van der Waals surface area (Å²) in [5, 5.41) is 0. The van der Waals surface area contributed by atoms with E-state index in [1.165, 1.54) is 19.1 Å². The summed E-state index contributed by atoms with van der Waals surface area (Å²) in [6, 6.07) is 5.62. The molecule has 19 heavy (non-hydrogen) atoms. The van der Waals surface area contributed by atoms with Gasteiger partial charge in [0.15, 0.2) is 9.84 Å². The number of nitrogens with two attached hydrogens (primary N) is 1. The highest BCUT2D eigenvalue weighted by Crippen LogP contribution is 2.36. The maximum Gasteiger partial charge on any atom is 0.175 e. The molecule has 0 aromatic heterocycles. The van der Waals surface area contributed by atoms with Crippen LogP contribution in [-0.4, -0.2) is 27.3 Å². The Labute approximate surface area is 115 Å². The van der Waals surface area contributed by atoms with Crippen molar-refractivity contribution < 1.29 is 8.42 Å². The molecular weight excluding hydrogens is 260 g/mol. The number of hydrogen-bond acceptors (Lipinski definition) is 4. The van der Waals surface area contributed by atoms with Gasteiger partial charge in [-0.2, -0.15) is 0 Å². The van der Waals surface area contributed by atoms with Gasteiger partial charge in [-0.25, -0.2) is 8.42 Å². The van der Waals surface area contributed by atoms with Gasteiger partial charge in [0.05, 0.1) is 16.3 Å². The van der Waals surface area contributed by atoms with Gasteiger partial charge in [-0.3, -0.25) is 0 Å². The molecule has 0 aliphatic heterocycles. The number of nitrogens with zero attached hydrogens (tertiary/aromatic N) is 1. The van der Waals surface area contributed by atoms with Crippen molar-refractivity contribution in [2.45, 2.75) is 37.6 Å². The lowest BCUT2D eigenvalue weighted by molar-refractivity contribution is 0.601. The minimum Gasteiger partial charge on any atom is -0.397 e. The van der Waals surface area contributed by atoms with E-state index >= 15 is 0 Å². The lowest BCUT2D eigenvalue weighted by Gasteiger charge is -2.28. The van der Waals surface area contributed by atoms with E-state index in [0.29, 0.717) is 17.6 Å². The molecule has 1 aliphatic carbocycles. The molecule has 0 unspecified atom stereocenters. The molecule has 0 amide bonds. The van der Waals surface area contributed by atoms with Gasteiger partial charge in [0, 0.05) is 18.8 Å². The number of anilines is 2. The Morgan fingerprint density at radius 1 is 1.37 bits per heavy atom. The number of nitrogen functional groups attached to an aromatic ring is 1. The zero-order valence-electron chi connectivity index (χ0n) is 11.8. The highest BCUT2D eigenvalue weighted by Gasteiger charge is 2.30. The molecule has 2 N–H and O–H groups in total. The average Bonchev–Trinajstić information content (AvgIpc) is 3.08. The molecular formula is C14H22N2O2S. The lowest BCUT2D eigenvalue weighted by Crippen LogP contribution is -2.30. The monoisotopic (exact) mass is 282 g/mol. The predicted molar refractivity (Wildman–Crippen MR) is 79.2 cm³/mol. The second-order valence-electron chi connectivity index (χ2n) is 5.77. The minimum atomic E-state index is -3.19. The first-order valence-corrected chi connectivity index (χ1v) is 8.54. The SMILES string of the molecule is CC(C)CN(c1ccc(S(C)(=O)=O)cc1N)C1CC1. The fourth-order valence-electron chi connectivity index (χ4n) is 2.25. The Bertz CT molecular complexity index is 563. The van der Waals surface area contributed by atoms with Crippen LogP contribution in [0.15, 0.2) is 23.1 Å². The molecule has 4 nitrogen and oxygen atoms in total. The van der Waals surface area contributed by atoms with Gasteiger partial charge in [0.25, 0.3) is 0 Å². The third-order valence-corrected chi connectivity index (χ3v) is 4.40. The molecule has 1 saturated carbocycles. The van der Waals surface area contributed by atoms with Gasteiger partial charge >= 0.3 is 0 Å². The quantitative estimate of drug-likeness (QED) is 0.842.